The van der Waals surface area contributed by atoms with Crippen LogP contribution in [0, 0.1) is 16.1 Å². The fourth-order valence-corrected chi connectivity index (χ4v) is 1.17. The number of carbonyl (C=O) groups excluding carboxylic acids is 1. The molecule has 0 saturated carbocycles. The number of nitrogens with zero attached hydrogens (tertiary/aromatic N) is 2. The van der Waals surface area contributed by atoms with Gasteiger partial charge in [-0.3, -0.25) is 10.1 Å². The zero-order valence-electron chi connectivity index (χ0n) is 9.02. The standard InChI is InChI=1S/C9H7F3N2O4/c1-2-18-9(15)4-3-5(14(16)17)6(7(10)11)8(12)13-4/h3,7H,2H2,1H3. The first-order valence-corrected chi connectivity index (χ1v) is 4.68. The van der Waals surface area contributed by atoms with Crippen molar-refractivity contribution < 1.29 is 27.6 Å². The summed E-state index contributed by atoms with van der Waals surface area (Å²) in [5, 5.41) is 10.5. The topological polar surface area (TPSA) is 82.3 Å². The number of esters is 1. The molecule has 0 aromatic carbocycles. The number of hydrogen-bond donors (Lipinski definition) is 0. The zero-order chi connectivity index (χ0) is 13.9. The summed E-state index contributed by atoms with van der Waals surface area (Å²) in [6.45, 7) is 1.39. The van der Waals surface area contributed by atoms with E-state index < -0.39 is 40.2 Å². The normalized spacial score (nSPS) is 10.5. The summed E-state index contributed by atoms with van der Waals surface area (Å²) < 4.78 is 42.5. The highest BCUT2D eigenvalue weighted by atomic mass is 19.3. The molecule has 1 heterocycles. The lowest BCUT2D eigenvalue weighted by Gasteiger charge is -2.05. The molecule has 0 unspecified atom stereocenters. The van der Waals surface area contributed by atoms with Gasteiger partial charge in [0.05, 0.1) is 11.5 Å². The van der Waals surface area contributed by atoms with E-state index in [2.05, 4.69) is 9.72 Å². The minimum atomic E-state index is -3.41. The summed E-state index contributed by atoms with van der Waals surface area (Å²) in [7, 11) is 0. The molecule has 0 aliphatic heterocycles. The fraction of sp³-hybridized carbons (Fsp3) is 0.333. The van der Waals surface area contributed by atoms with Crippen LogP contribution in [0.15, 0.2) is 6.07 Å². The number of carbonyl (C=O) groups is 1. The lowest BCUT2D eigenvalue weighted by atomic mass is 10.2. The molecule has 1 rings (SSSR count). The van der Waals surface area contributed by atoms with Gasteiger partial charge in [0.2, 0.25) is 5.95 Å². The second-order valence-corrected chi connectivity index (χ2v) is 3.01. The van der Waals surface area contributed by atoms with Crippen LogP contribution in [-0.2, 0) is 4.74 Å². The van der Waals surface area contributed by atoms with Gasteiger partial charge in [-0.25, -0.2) is 18.6 Å². The average Bonchev–Trinajstić information content (AvgIpc) is 2.27. The minimum Gasteiger partial charge on any atom is -0.461 e. The maximum absolute atomic E-state index is 13.2. The van der Waals surface area contributed by atoms with Crippen LogP contribution in [0.2, 0.25) is 0 Å². The lowest BCUT2D eigenvalue weighted by Crippen LogP contribution is -2.11. The third kappa shape index (κ3) is 2.73. The number of alkyl halides is 2. The monoisotopic (exact) mass is 264 g/mol. The SMILES string of the molecule is CCOC(=O)c1cc([N+](=O)[O-])c(C(F)F)c(F)n1. The van der Waals surface area contributed by atoms with Crippen LogP contribution >= 0.6 is 0 Å². The van der Waals surface area contributed by atoms with Crippen molar-refractivity contribution in [1.82, 2.24) is 4.98 Å². The zero-order valence-corrected chi connectivity index (χ0v) is 9.02. The van der Waals surface area contributed by atoms with E-state index in [0.717, 1.165) is 0 Å². The molecule has 0 bridgehead atoms. The summed E-state index contributed by atoms with van der Waals surface area (Å²) in [5.41, 5.74) is -3.39. The van der Waals surface area contributed by atoms with E-state index in [1.54, 1.807) is 0 Å². The van der Waals surface area contributed by atoms with Gasteiger partial charge in [-0.05, 0) is 6.92 Å². The van der Waals surface area contributed by atoms with E-state index in [0.29, 0.717) is 6.07 Å². The van der Waals surface area contributed by atoms with Crippen LogP contribution < -0.4 is 0 Å². The van der Waals surface area contributed by atoms with Crippen molar-refractivity contribution in [3.8, 4) is 0 Å². The highest BCUT2D eigenvalue weighted by molar-refractivity contribution is 5.88. The molecule has 0 amide bonds. The Hall–Kier alpha value is -2.19. The number of aromatic nitrogens is 1. The number of ether oxygens (including phenoxy) is 1. The average molecular weight is 264 g/mol. The highest BCUT2D eigenvalue weighted by Crippen LogP contribution is 2.31. The first kappa shape index (κ1) is 13.9. The van der Waals surface area contributed by atoms with Gasteiger partial charge in [0.1, 0.15) is 0 Å². The number of rotatable bonds is 4. The Bertz CT molecular complexity index is 493. The van der Waals surface area contributed by atoms with Crippen LogP contribution in [0.25, 0.3) is 0 Å². The molecule has 0 N–H and O–H groups in total. The van der Waals surface area contributed by atoms with Crippen molar-refractivity contribution in [3.63, 3.8) is 0 Å². The van der Waals surface area contributed by atoms with E-state index in [-0.39, 0.29) is 6.61 Å². The van der Waals surface area contributed by atoms with Crippen molar-refractivity contribution in [1.29, 1.82) is 0 Å². The minimum absolute atomic E-state index is 0.0630. The molecule has 0 fully saturated rings. The first-order chi connectivity index (χ1) is 8.38. The predicted molar refractivity (Wildman–Crippen MR) is 51.8 cm³/mol. The predicted octanol–water partition coefficient (Wildman–Crippen LogP) is 2.24. The fourth-order valence-electron chi connectivity index (χ4n) is 1.17. The summed E-state index contributed by atoms with van der Waals surface area (Å²) in [5.74, 6) is -2.89. The van der Waals surface area contributed by atoms with Crippen LogP contribution in [0.1, 0.15) is 29.4 Å². The van der Waals surface area contributed by atoms with Crippen LogP contribution in [0.5, 0.6) is 0 Å². The second kappa shape index (κ2) is 5.43. The highest BCUT2D eigenvalue weighted by Gasteiger charge is 2.30. The molecule has 18 heavy (non-hydrogen) atoms. The Kier molecular flexibility index (Phi) is 4.18. The maximum Gasteiger partial charge on any atom is 0.357 e. The number of nitro groups is 1. The van der Waals surface area contributed by atoms with Crippen LogP contribution in [-0.4, -0.2) is 22.5 Å². The summed E-state index contributed by atoms with van der Waals surface area (Å²) in [6.07, 6.45) is -3.41. The van der Waals surface area contributed by atoms with E-state index in [4.69, 9.17) is 0 Å². The third-order valence-corrected chi connectivity index (χ3v) is 1.89. The Morgan fingerprint density at radius 3 is 2.67 bits per heavy atom. The molecule has 1 aromatic heterocycles. The molecule has 0 saturated heterocycles. The molecule has 9 heteroatoms. The van der Waals surface area contributed by atoms with Crippen molar-refractivity contribution in [2.75, 3.05) is 6.61 Å². The van der Waals surface area contributed by atoms with Crippen molar-refractivity contribution in [3.05, 3.63) is 33.4 Å². The van der Waals surface area contributed by atoms with E-state index in [1.165, 1.54) is 6.92 Å². The van der Waals surface area contributed by atoms with Gasteiger partial charge in [0.15, 0.2) is 11.3 Å². The Balaban J connectivity index is 3.36. The molecule has 0 radical (unpaired) electrons. The second-order valence-electron chi connectivity index (χ2n) is 3.01. The van der Waals surface area contributed by atoms with E-state index in [9.17, 15) is 28.1 Å². The van der Waals surface area contributed by atoms with Crippen molar-refractivity contribution >= 4 is 11.7 Å². The number of pyridine rings is 1. The molecular weight excluding hydrogens is 257 g/mol. The Morgan fingerprint density at radius 1 is 1.61 bits per heavy atom. The third-order valence-electron chi connectivity index (χ3n) is 1.89. The quantitative estimate of drug-likeness (QED) is 0.360. The molecule has 1 aromatic rings. The Morgan fingerprint density at radius 2 is 2.22 bits per heavy atom. The largest absolute Gasteiger partial charge is 0.461 e. The van der Waals surface area contributed by atoms with E-state index >= 15 is 0 Å². The maximum atomic E-state index is 13.2. The van der Waals surface area contributed by atoms with Gasteiger partial charge in [-0.2, -0.15) is 4.39 Å². The molecule has 0 spiro atoms. The molecule has 0 aliphatic rings. The van der Waals surface area contributed by atoms with E-state index in [1.807, 2.05) is 0 Å². The number of halogens is 3. The lowest BCUT2D eigenvalue weighted by molar-refractivity contribution is -0.386. The van der Waals surface area contributed by atoms with Gasteiger partial charge >= 0.3 is 5.97 Å². The smallest absolute Gasteiger partial charge is 0.357 e. The molecule has 98 valence electrons. The first-order valence-electron chi connectivity index (χ1n) is 4.68. The number of hydrogen-bond acceptors (Lipinski definition) is 5. The van der Waals surface area contributed by atoms with Gasteiger partial charge in [0.25, 0.3) is 12.1 Å². The molecule has 6 nitrogen and oxygen atoms in total. The van der Waals surface area contributed by atoms with Gasteiger partial charge in [-0.15, -0.1) is 0 Å². The molecule has 0 aliphatic carbocycles. The van der Waals surface area contributed by atoms with Crippen molar-refractivity contribution in [2.24, 2.45) is 0 Å². The van der Waals surface area contributed by atoms with Crippen LogP contribution in [0.3, 0.4) is 0 Å². The summed E-state index contributed by atoms with van der Waals surface area (Å²) >= 11 is 0. The molecular formula is C9H7F3N2O4. The Labute approximate surface area is 98.5 Å². The van der Waals surface area contributed by atoms with Crippen LogP contribution in [0.4, 0.5) is 18.9 Å². The van der Waals surface area contributed by atoms with Gasteiger partial charge < -0.3 is 4.74 Å². The summed E-state index contributed by atoms with van der Waals surface area (Å²) in [6, 6.07) is 0.461. The van der Waals surface area contributed by atoms with Gasteiger partial charge in [0, 0.05) is 6.07 Å². The molecule has 0 atom stereocenters. The summed E-state index contributed by atoms with van der Waals surface area (Å²) in [4.78, 5) is 23.4. The van der Waals surface area contributed by atoms with Crippen molar-refractivity contribution in [2.45, 2.75) is 13.3 Å². The van der Waals surface area contributed by atoms with Gasteiger partial charge in [-0.1, -0.05) is 0 Å².